The van der Waals surface area contributed by atoms with Gasteiger partial charge in [0.25, 0.3) is 5.56 Å². The van der Waals surface area contributed by atoms with Crippen LogP contribution in [-0.2, 0) is 4.74 Å². The van der Waals surface area contributed by atoms with E-state index < -0.39 is 5.54 Å². The van der Waals surface area contributed by atoms with E-state index in [0.29, 0.717) is 18.9 Å². The number of rotatable bonds is 3. The number of nitrogens with zero attached hydrogens (tertiary/aromatic N) is 1. The van der Waals surface area contributed by atoms with Gasteiger partial charge in [-0.25, -0.2) is 5.10 Å². The monoisotopic (exact) mass is 225 g/mol. The van der Waals surface area contributed by atoms with E-state index in [4.69, 9.17) is 4.74 Å². The predicted octanol–water partition coefficient (Wildman–Crippen LogP) is -0.277. The van der Waals surface area contributed by atoms with Crippen LogP contribution in [0, 0.1) is 0 Å². The summed E-state index contributed by atoms with van der Waals surface area (Å²) < 4.78 is 5.25. The van der Waals surface area contributed by atoms with Gasteiger partial charge >= 0.3 is 0 Å². The minimum atomic E-state index is -0.395. The van der Waals surface area contributed by atoms with E-state index in [0.717, 1.165) is 12.8 Å². The maximum Gasteiger partial charge on any atom is 0.266 e. The van der Waals surface area contributed by atoms with Crippen molar-refractivity contribution in [3.63, 3.8) is 0 Å². The van der Waals surface area contributed by atoms with E-state index in [1.165, 1.54) is 12.3 Å². The minimum Gasteiger partial charge on any atom is -0.394 e. The van der Waals surface area contributed by atoms with Crippen molar-refractivity contribution in [2.45, 2.75) is 18.4 Å². The molecule has 1 aliphatic heterocycles. The van der Waals surface area contributed by atoms with Crippen molar-refractivity contribution in [2.75, 3.05) is 25.1 Å². The molecule has 0 unspecified atom stereocenters. The summed E-state index contributed by atoms with van der Waals surface area (Å²) in [6.07, 6.45) is 2.97. The molecule has 0 amide bonds. The zero-order valence-corrected chi connectivity index (χ0v) is 8.90. The molecule has 3 N–H and O–H groups in total. The average Bonchev–Trinajstić information content (AvgIpc) is 2.30. The lowest BCUT2D eigenvalue weighted by molar-refractivity contribution is 0.0380. The molecule has 16 heavy (non-hydrogen) atoms. The average molecular weight is 225 g/mol. The number of ether oxygens (including phenoxy) is 1. The Morgan fingerprint density at radius 3 is 2.94 bits per heavy atom. The molecule has 1 aromatic heterocycles. The highest BCUT2D eigenvalue weighted by Gasteiger charge is 2.31. The molecule has 1 saturated heterocycles. The lowest BCUT2D eigenvalue weighted by atomic mass is 9.91. The fourth-order valence-electron chi connectivity index (χ4n) is 1.84. The maximum atomic E-state index is 11.1. The number of aromatic amines is 1. The SMILES string of the molecule is O=c1cc(NC2(CO)CCOCC2)cn[nH]1. The van der Waals surface area contributed by atoms with Crippen molar-refractivity contribution in [1.29, 1.82) is 0 Å². The number of H-pyrrole nitrogens is 1. The normalized spacial score (nSPS) is 19.3. The zero-order valence-electron chi connectivity index (χ0n) is 8.90. The molecule has 2 rings (SSSR count). The molecule has 0 atom stereocenters. The first-order valence-electron chi connectivity index (χ1n) is 5.26. The first-order valence-corrected chi connectivity index (χ1v) is 5.26. The second-order valence-electron chi connectivity index (χ2n) is 4.01. The standard InChI is InChI=1S/C10H15N3O3/c14-7-10(1-3-16-4-2-10)12-8-5-9(15)13-11-6-8/h5-6,14H,1-4,7H2,(H2,12,13,15). The summed E-state index contributed by atoms with van der Waals surface area (Å²) in [6, 6.07) is 1.43. The van der Waals surface area contributed by atoms with Crippen LogP contribution in [0.4, 0.5) is 5.69 Å². The summed E-state index contributed by atoms with van der Waals surface area (Å²) in [5, 5.41) is 18.6. The lowest BCUT2D eigenvalue weighted by Gasteiger charge is -2.37. The van der Waals surface area contributed by atoms with Crippen LogP contribution in [0.15, 0.2) is 17.1 Å². The molecule has 6 nitrogen and oxygen atoms in total. The third-order valence-corrected chi connectivity index (χ3v) is 2.83. The molecule has 88 valence electrons. The molecule has 6 heteroatoms. The Kier molecular flexibility index (Phi) is 3.21. The summed E-state index contributed by atoms with van der Waals surface area (Å²) in [7, 11) is 0. The second-order valence-corrected chi connectivity index (χ2v) is 4.01. The van der Waals surface area contributed by atoms with Crippen LogP contribution < -0.4 is 10.9 Å². The molecule has 1 aliphatic rings. The Bertz CT molecular complexity index is 398. The topological polar surface area (TPSA) is 87.2 Å². The van der Waals surface area contributed by atoms with Crippen LogP contribution in [0.1, 0.15) is 12.8 Å². The second kappa shape index (κ2) is 4.63. The number of aliphatic hydroxyl groups is 1. The van der Waals surface area contributed by atoms with Crippen molar-refractivity contribution in [3.05, 3.63) is 22.6 Å². The molecule has 0 aliphatic carbocycles. The van der Waals surface area contributed by atoms with Gasteiger partial charge in [-0.1, -0.05) is 0 Å². The van der Waals surface area contributed by atoms with Gasteiger partial charge in [0.15, 0.2) is 0 Å². The number of aromatic nitrogens is 2. The molecule has 0 spiro atoms. The van der Waals surface area contributed by atoms with Gasteiger partial charge in [-0.2, -0.15) is 5.10 Å². The van der Waals surface area contributed by atoms with Gasteiger partial charge in [0.1, 0.15) is 0 Å². The van der Waals surface area contributed by atoms with E-state index in [1.54, 1.807) is 0 Å². The van der Waals surface area contributed by atoms with Crippen LogP contribution in [0.5, 0.6) is 0 Å². The molecule has 0 bridgehead atoms. The van der Waals surface area contributed by atoms with Gasteiger partial charge in [0.05, 0.1) is 24.0 Å². The number of hydrogen-bond donors (Lipinski definition) is 3. The van der Waals surface area contributed by atoms with Crippen LogP contribution in [0.2, 0.25) is 0 Å². The third kappa shape index (κ3) is 2.40. The number of hydrogen-bond acceptors (Lipinski definition) is 5. The quantitative estimate of drug-likeness (QED) is 0.658. The minimum absolute atomic E-state index is 0.0170. The molecular formula is C10H15N3O3. The van der Waals surface area contributed by atoms with Crippen LogP contribution in [0.3, 0.4) is 0 Å². The highest BCUT2D eigenvalue weighted by Crippen LogP contribution is 2.24. The van der Waals surface area contributed by atoms with E-state index in [-0.39, 0.29) is 12.2 Å². The van der Waals surface area contributed by atoms with Gasteiger partial charge < -0.3 is 15.2 Å². The van der Waals surface area contributed by atoms with Gasteiger partial charge in [0, 0.05) is 19.3 Å². The maximum absolute atomic E-state index is 11.1. The van der Waals surface area contributed by atoms with E-state index in [2.05, 4.69) is 15.5 Å². The van der Waals surface area contributed by atoms with Crippen LogP contribution in [0.25, 0.3) is 0 Å². The van der Waals surface area contributed by atoms with Gasteiger partial charge in [-0.05, 0) is 12.8 Å². The Balaban J connectivity index is 2.14. The van der Waals surface area contributed by atoms with Crippen LogP contribution >= 0.6 is 0 Å². The lowest BCUT2D eigenvalue weighted by Crippen LogP contribution is -2.47. The first kappa shape index (κ1) is 11.1. The smallest absolute Gasteiger partial charge is 0.266 e. The first-order chi connectivity index (χ1) is 7.74. The highest BCUT2D eigenvalue weighted by molar-refractivity contribution is 5.42. The van der Waals surface area contributed by atoms with Crippen LogP contribution in [-0.4, -0.2) is 40.7 Å². The summed E-state index contributed by atoms with van der Waals surface area (Å²) in [6.45, 7) is 1.25. The summed E-state index contributed by atoms with van der Waals surface area (Å²) in [4.78, 5) is 11.1. The van der Waals surface area contributed by atoms with Crippen molar-refractivity contribution in [3.8, 4) is 0 Å². The molecular weight excluding hydrogens is 210 g/mol. The Hall–Kier alpha value is -1.40. The van der Waals surface area contributed by atoms with Gasteiger partial charge in [-0.15, -0.1) is 0 Å². The Morgan fingerprint density at radius 2 is 2.31 bits per heavy atom. The van der Waals surface area contributed by atoms with Crippen molar-refractivity contribution in [1.82, 2.24) is 10.2 Å². The summed E-state index contributed by atoms with van der Waals surface area (Å²) >= 11 is 0. The highest BCUT2D eigenvalue weighted by atomic mass is 16.5. The molecule has 0 radical (unpaired) electrons. The Labute approximate surface area is 92.6 Å². The van der Waals surface area contributed by atoms with Gasteiger partial charge in [-0.3, -0.25) is 4.79 Å². The van der Waals surface area contributed by atoms with E-state index in [1.807, 2.05) is 0 Å². The third-order valence-electron chi connectivity index (χ3n) is 2.83. The van der Waals surface area contributed by atoms with E-state index in [9.17, 15) is 9.90 Å². The summed E-state index contributed by atoms with van der Waals surface area (Å²) in [5.41, 5.74) is -0.0295. The van der Waals surface area contributed by atoms with Crippen molar-refractivity contribution < 1.29 is 9.84 Å². The molecule has 1 fully saturated rings. The number of aliphatic hydroxyl groups excluding tert-OH is 1. The zero-order chi connectivity index (χ0) is 11.4. The molecule has 2 heterocycles. The number of anilines is 1. The number of nitrogens with one attached hydrogen (secondary N) is 2. The largest absolute Gasteiger partial charge is 0.394 e. The molecule has 0 aromatic carbocycles. The summed E-state index contributed by atoms with van der Waals surface area (Å²) in [5.74, 6) is 0. The molecule has 0 saturated carbocycles. The van der Waals surface area contributed by atoms with Crippen molar-refractivity contribution in [2.24, 2.45) is 0 Å². The Morgan fingerprint density at radius 1 is 1.56 bits per heavy atom. The molecule has 1 aromatic rings. The predicted molar refractivity (Wildman–Crippen MR) is 58.4 cm³/mol. The van der Waals surface area contributed by atoms with E-state index >= 15 is 0 Å². The fourth-order valence-corrected chi connectivity index (χ4v) is 1.84. The fraction of sp³-hybridized carbons (Fsp3) is 0.600. The van der Waals surface area contributed by atoms with Gasteiger partial charge in [0.2, 0.25) is 0 Å². The van der Waals surface area contributed by atoms with Crippen molar-refractivity contribution >= 4 is 5.69 Å².